The molecule has 0 fully saturated rings. The summed E-state index contributed by atoms with van der Waals surface area (Å²) in [5, 5.41) is 2.44. The first kappa shape index (κ1) is 48.9. The van der Waals surface area contributed by atoms with Crippen LogP contribution in [0, 0.1) is 0 Å². The number of aromatic amines is 1. The molecule has 6 aliphatic heterocycles. The molecule has 0 spiro atoms. The van der Waals surface area contributed by atoms with E-state index in [-0.39, 0.29) is 46.4 Å². The lowest BCUT2D eigenvalue weighted by molar-refractivity contribution is 0.173. The van der Waals surface area contributed by atoms with Gasteiger partial charge >= 0.3 is 17.4 Å². The molecule has 6 aromatic carbocycles. The number of aromatic nitrogens is 6. The highest BCUT2D eigenvalue weighted by molar-refractivity contribution is 5.97. The van der Waals surface area contributed by atoms with Crippen molar-refractivity contribution in [1.29, 1.82) is 0 Å². The van der Waals surface area contributed by atoms with Crippen molar-refractivity contribution in [3.63, 3.8) is 0 Å². The molecule has 0 amide bonds. The van der Waals surface area contributed by atoms with Gasteiger partial charge in [-0.15, -0.1) is 0 Å². The molecule has 0 unspecified atom stereocenters. The predicted molar refractivity (Wildman–Crippen MR) is 284 cm³/mol. The summed E-state index contributed by atoms with van der Waals surface area (Å²) in [5.41, 5.74) is 5.71. The summed E-state index contributed by atoms with van der Waals surface area (Å²) in [6.45, 7) is 3.64. The largest absolute Gasteiger partial charge is 0.462 e. The van der Waals surface area contributed by atoms with Crippen LogP contribution in [-0.4, -0.2) is 128 Å². The summed E-state index contributed by atoms with van der Waals surface area (Å²) in [7, 11) is 7.92. The molecule has 23 heteroatoms. The Bertz CT molecular complexity index is 4020. The van der Waals surface area contributed by atoms with Crippen LogP contribution in [0.25, 0.3) is 66.5 Å². The third-order valence-corrected chi connectivity index (χ3v) is 13.3. The summed E-state index contributed by atoms with van der Waals surface area (Å²) in [4.78, 5) is 49.3. The molecular weight excluding hydrogens is 1020 g/mol. The van der Waals surface area contributed by atoms with Crippen LogP contribution in [-0.2, 0) is 6.54 Å². The van der Waals surface area contributed by atoms with Gasteiger partial charge < -0.3 is 76.4 Å². The molecule has 0 saturated heterocycles. The van der Waals surface area contributed by atoms with Gasteiger partial charge in [0.05, 0.1) is 33.6 Å². The lowest BCUT2D eigenvalue weighted by Crippen LogP contribution is -2.29. The van der Waals surface area contributed by atoms with Crippen LogP contribution in [0.5, 0.6) is 75.0 Å². The molecule has 0 saturated carbocycles. The van der Waals surface area contributed by atoms with E-state index in [1.165, 1.54) is 0 Å². The minimum absolute atomic E-state index is 0.167. The number of benzene rings is 6. The Morgan fingerprint density at radius 1 is 0.456 bits per heavy atom. The van der Waals surface area contributed by atoms with E-state index in [0.717, 1.165) is 61.9 Å². The minimum Gasteiger partial charge on any atom is -0.462 e. The fourth-order valence-corrected chi connectivity index (χ4v) is 9.40. The van der Waals surface area contributed by atoms with Crippen molar-refractivity contribution in [1.82, 2.24) is 39.3 Å². The maximum absolute atomic E-state index is 12.9. The van der Waals surface area contributed by atoms with E-state index < -0.39 is 5.69 Å². The number of rotatable bonds is 10. The van der Waals surface area contributed by atoms with E-state index >= 15 is 0 Å². The van der Waals surface area contributed by atoms with Crippen LogP contribution in [0.15, 0.2) is 101 Å². The minimum atomic E-state index is -0.427. The molecule has 3 aromatic heterocycles. The quantitative estimate of drug-likeness (QED) is 0.148. The number of nitrogens with zero attached hydrogens (tertiary/aromatic N) is 7. The zero-order valence-electron chi connectivity index (χ0n) is 43.0. The molecule has 0 aliphatic carbocycles. The van der Waals surface area contributed by atoms with Crippen LogP contribution in [0.2, 0.25) is 0 Å². The zero-order valence-corrected chi connectivity index (χ0v) is 43.0. The third kappa shape index (κ3) is 9.65. The maximum atomic E-state index is 12.9. The van der Waals surface area contributed by atoms with Gasteiger partial charge in [-0.1, -0.05) is 0 Å². The average Bonchev–Trinajstić information content (AvgIpc) is 4.46. The summed E-state index contributed by atoms with van der Waals surface area (Å²) in [5.74, 6) is 7.93. The molecule has 402 valence electrons. The lowest BCUT2D eigenvalue weighted by Gasteiger charge is -2.16. The molecule has 9 aromatic rings. The van der Waals surface area contributed by atoms with Gasteiger partial charge in [-0.05, 0) is 101 Å². The second kappa shape index (κ2) is 20.3. The van der Waals surface area contributed by atoms with Crippen molar-refractivity contribution in [2.24, 2.45) is 0 Å². The molecule has 0 bridgehead atoms. The maximum Gasteiger partial charge on any atom is 0.348 e. The van der Waals surface area contributed by atoms with Crippen molar-refractivity contribution >= 4 is 32.7 Å². The zero-order chi connectivity index (χ0) is 53.7. The topological polar surface area (TPSA) is 233 Å². The normalized spacial score (nSPS) is 14.3. The van der Waals surface area contributed by atoms with Crippen LogP contribution in [0.1, 0.15) is 0 Å². The molecule has 15 rings (SSSR count). The van der Waals surface area contributed by atoms with E-state index in [4.69, 9.17) is 61.6 Å². The first-order chi connectivity index (χ1) is 38.5. The number of hydrogen-bond acceptors (Lipinski definition) is 21. The van der Waals surface area contributed by atoms with Gasteiger partial charge in [0.25, 0.3) is 0 Å². The van der Waals surface area contributed by atoms with Gasteiger partial charge in [0.1, 0.15) is 6.61 Å². The van der Waals surface area contributed by atoms with Crippen molar-refractivity contribution in [2.45, 2.75) is 6.54 Å². The summed E-state index contributed by atoms with van der Waals surface area (Å²) >= 11 is 0. The van der Waals surface area contributed by atoms with Crippen LogP contribution in [0.4, 0.5) is 0 Å². The molecule has 6 aliphatic rings. The predicted octanol–water partition coefficient (Wildman–Crippen LogP) is 6.82. The number of hydrogen-bond donors (Lipinski definition) is 1. The summed E-state index contributed by atoms with van der Waals surface area (Å²) in [6, 6.07) is 28.1. The molecule has 1 N–H and O–H groups in total. The van der Waals surface area contributed by atoms with Gasteiger partial charge in [0, 0.05) is 70.7 Å². The van der Waals surface area contributed by atoms with E-state index in [1.54, 1.807) is 16.7 Å². The number of ether oxygens (including phenoxy) is 13. The molecule has 9 heterocycles. The smallest absolute Gasteiger partial charge is 0.348 e. The van der Waals surface area contributed by atoms with E-state index in [9.17, 15) is 9.59 Å². The monoisotopic (exact) mass is 1070 g/mol. The Morgan fingerprint density at radius 3 is 1.42 bits per heavy atom. The number of likely N-dealkylation sites (N-methyl/N-ethyl adjacent to an activating group) is 2. The van der Waals surface area contributed by atoms with E-state index in [0.29, 0.717) is 106 Å². The fourth-order valence-electron chi connectivity index (χ4n) is 9.40. The fraction of sp³-hybridized carbons (Fsp3) is 0.250. The van der Waals surface area contributed by atoms with Crippen LogP contribution < -0.4 is 73.0 Å². The van der Waals surface area contributed by atoms with Gasteiger partial charge in [0.2, 0.25) is 40.8 Å². The van der Waals surface area contributed by atoms with Gasteiger partial charge in [-0.3, -0.25) is 4.57 Å². The Hall–Kier alpha value is -9.74. The van der Waals surface area contributed by atoms with Gasteiger partial charge in [-0.2, -0.15) is 19.9 Å². The Morgan fingerprint density at radius 2 is 0.886 bits per heavy atom. The lowest BCUT2D eigenvalue weighted by atomic mass is 10.0. The highest BCUT2D eigenvalue weighted by atomic mass is 16.7. The third-order valence-electron chi connectivity index (χ3n) is 13.3. The second-order valence-electron chi connectivity index (χ2n) is 19.0. The first-order valence-electron chi connectivity index (χ1n) is 25.0. The second-order valence-corrected chi connectivity index (χ2v) is 19.0. The van der Waals surface area contributed by atoms with E-state index in [1.807, 2.05) is 117 Å². The molecule has 0 atom stereocenters. The average molecular weight is 1070 g/mol. The molecule has 0 radical (unpaired) electrons. The van der Waals surface area contributed by atoms with Gasteiger partial charge in [0.15, 0.2) is 69.0 Å². The SMILES string of the molecule is CN(C)CCOc1nc(-c2ccc3c(c2)OCO3)c2cc3c(cc2n1)OCO3.CN(C)CCn1c(=O)nc(-c2ccc3c(c2)OCO3)c2cc3c(cc21)OCO3.O=c1nc(-c2ccc3c(c2)OCO3)c2cc3c(cc2[nH]1)OCO3. The number of H-pyrrole nitrogens is 1. The highest BCUT2D eigenvalue weighted by Crippen LogP contribution is 2.45. The van der Waals surface area contributed by atoms with Crippen LogP contribution >= 0.6 is 0 Å². The number of nitrogens with one attached hydrogen (secondary N) is 1. The first-order valence-corrected chi connectivity index (χ1v) is 25.0. The van der Waals surface area contributed by atoms with Crippen molar-refractivity contribution in [3.05, 3.63) is 112 Å². The van der Waals surface area contributed by atoms with Gasteiger partial charge in [-0.25, -0.2) is 9.59 Å². The standard InChI is InChI=1S/2C20H19N3O5.C16H10N2O5/c1-22(2)5-6-23-14-9-18-17(27-11-28-18)8-13(14)19(21-20(23)24)12-3-4-15-16(7-12)26-10-25-15;1-23(2)5-6-24-20-21-14-9-18-17(27-11-28-18)8-13(14)19(22-20)12-3-4-15-16(7-12)26-10-25-15;19-16-17-10-5-14-13(22-7-23-14)4-9(10)15(18-16)8-1-2-11-12(3-8)21-6-20-11/h2*3-4,7-9H,5-6,10-11H2,1-2H3;1-5H,6-7H2,(H,17,18,19). The Labute approximate surface area is 448 Å². The Kier molecular flexibility index (Phi) is 12.6. The molecule has 23 nitrogen and oxygen atoms in total. The molecule has 79 heavy (non-hydrogen) atoms. The van der Waals surface area contributed by atoms with Crippen molar-refractivity contribution < 1.29 is 61.6 Å². The van der Waals surface area contributed by atoms with Crippen molar-refractivity contribution in [2.75, 3.05) is 88.6 Å². The Balaban J connectivity index is 0.000000113. The summed E-state index contributed by atoms with van der Waals surface area (Å²) < 4.78 is 72.9. The van der Waals surface area contributed by atoms with E-state index in [2.05, 4.69) is 24.9 Å². The van der Waals surface area contributed by atoms with Crippen LogP contribution in [0.3, 0.4) is 0 Å². The highest BCUT2D eigenvalue weighted by Gasteiger charge is 2.25. The summed E-state index contributed by atoms with van der Waals surface area (Å²) in [6.07, 6.45) is 0. The number of fused-ring (bicyclic) bond motifs is 9. The molecular formula is C56H48N8O15. The van der Waals surface area contributed by atoms with Crippen molar-refractivity contribution in [3.8, 4) is 109 Å².